The normalized spacial score (nSPS) is 11.2. The van der Waals surface area contributed by atoms with Gasteiger partial charge in [0, 0.05) is 16.5 Å². The van der Waals surface area contributed by atoms with Gasteiger partial charge in [-0.15, -0.1) is 0 Å². The highest BCUT2D eigenvalue weighted by atomic mass is 16.5. The molecule has 4 rings (SSSR count). The first-order valence-electron chi connectivity index (χ1n) is 7.68. The molecule has 0 saturated heterocycles. The summed E-state index contributed by atoms with van der Waals surface area (Å²) in [5.41, 5.74) is 5.25. The number of aromatic amines is 1. The van der Waals surface area contributed by atoms with Crippen LogP contribution < -0.4 is 5.32 Å². The van der Waals surface area contributed by atoms with Gasteiger partial charge in [-0.05, 0) is 55.3 Å². The third-order valence-electron chi connectivity index (χ3n) is 4.21. The second kappa shape index (κ2) is 5.49. The molecule has 2 aromatic heterocycles. The van der Waals surface area contributed by atoms with Gasteiger partial charge in [0.2, 0.25) is 5.91 Å². The van der Waals surface area contributed by atoms with Gasteiger partial charge in [0.15, 0.2) is 5.58 Å². The fraction of sp³-hybridized carbons (Fsp3) is 0.167. The van der Waals surface area contributed by atoms with Gasteiger partial charge < -0.3 is 9.84 Å². The molecule has 24 heavy (non-hydrogen) atoms. The van der Waals surface area contributed by atoms with Gasteiger partial charge in [-0.25, -0.2) is 0 Å². The van der Waals surface area contributed by atoms with E-state index in [1.165, 1.54) is 0 Å². The Hall–Kier alpha value is -3.15. The average molecular weight is 320 g/mol. The zero-order chi connectivity index (χ0) is 16.7. The number of hydrogen-bond acceptors (Lipinski definition) is 4. The number of carbonyl (C=O) groups excluding carboxylic acids is 1. The van der Waals surface area contributed by atoms with Gasteiger partial charge in [0.25, 0.3) is 0 Å². The quantitative estimate of drug-likeness (QED) is 0.605. The Morgan fingerprint density at radius 1 is 1.21 bits per heavy atom. The molecule has 0 radical (unpaired) electrons. The molecule has 0 atom stereocenters. The predicted molar refractivity (Wildman–Crippen MR) is 91.9 cm³/mol. The topological polar surface area (TPSA) is 83.8 Å². The number of nitrogens with one attached hydrogen (secondary N) is 2. The monoisotopic (exact) mass is 320 g/mol. The summed E-state index contributed by atoms with van der Waals surface area (Å²) in [5, 5.41) is 15.7. The summed E-state index contributed by atoms with van der Waals surface area (Å²) < 4.78 is 5.34. The number of amides is 1. The Labute approximate surface area is 137 Å². The summed E-state index contributed by atoms with van der Waals surface area (Å²) in [6.07, 6.45) is 1.91. The molecule has 0 aliphatic heterocycles. The van der Waals surface area contributed by atoms with Gasteiger partial charge in [0.05, 0.1) is 18.1 Å². The Morgan fingerprint density at radius 3 is 2.92 bits per heavy atom. The molecule has 1 amide bonds. The first kappa shape index (κ1) is 14.4. The summed E-state index contributed by atoms with van der Waals surface area (Å²) in [5.74, 6) is -0.137. The number of fused-ring (bicyclic) bond motifs is 2. The first-order chi connectivity index (χ1) is 11.6. The molecule has 0 unspecified atom stereocenters. The fourth-order valence-electron chi connectivity index (χ4n) is 2.74. The summed E-state index contributed by atoms with van der Waals surface area (Å²) in [6.45, 7) is 4.06. The minimum atomic E-state index is -0.137. The smallest absolute Gasteiger partial charge is 0.230 e. The van der Waals surface area contributed by atoms with Crippen LogP contribution in [0.3, 0.4) is 0 Å². The zero-order valence-corrected chi connectivity index (χ0v) is 13.4. The number of anilines is 1. The van der Waals surface area contributed by atoms with E-state index in [2.05, 4.69) is 20.7 Å². The maximum absolute atomic E-state index is 12.3. The molecule has 0 saturated carbocycles. The third kappa shape index (κ3) is 2.52. The first-order valence-corrected chi connectivity index (χ1v) is 7.68. The number of carbonyl (C=O) groups is 1. The predicted octanol–water partition coefficient (Wildman–Crippen LogP) is 3.50. The van der Waals surface area contributed by atoms with Crippen molar-refractivity contribution >= 4 is 33.5 Å². The van der Waals surface area contributed by atoms with Crippen LogP contribution in [0.4, 0.5) is 5.69 Å². The van der Waals surface area contributed by atoms with Crippen LogP contribution >= 0.6 is 0 Å². The average Bonchev–Trinajstić information content (AvgIpc) is 3.15. The SMILES string of the molecule is Cc1cc2onc(CC(=O)Nc3ccc4cn[nH]c4c3)c2cc1C. The number of rotatable bonds is 3. The third-order valence-corrected chi connectivity index (χ3v) is 4.21. The molecular weight excluding hydrogens is 304 g/mol. The van der Waals surface area contributed by atoms with E-state index in [0.29, 0.717) is 11.3 Å². The lowest BCUT2D eigenvalue weighted by Crippen LogP contribution is -2.14. The van der Waals surface area contributed by atoms with Crippen molar-refractivity contribution in [2.24, 2.45) is 0 Å². The molecule has 2 heterocycles. The molecular formula is C18H16N4O2. The second-order valence-electron chi connectivity index (χ2n) is 5.96. The molecule has 2 aromatic carbocycles. The van der Waals surface area contributed by atoms with Crippen LogP contribution in [0.25, 0.3) is 21.9 Å². The van der Waals surface area contributed by atoms with E-state index >= 15 is 0 Å². The molecule has 0 aliphatic carbocycles. The van der Waals surface area contributed by atoms with E-state index in [1.807, 2.05) is 44.2 Å². The zero-order valence-electron chi connectivity index (χ0n) is 13.4. The Kier molecular flexibility index (Phi) is 3.30. The minimum Gasteiger partial charge on any atom is -0.356 e. The maximum atomic E-state index is 12.3. The summed E-state index contributed by atoms with van der Waals surface area (Å²) in [4.78, 5) is 12.3. The van der Waals surface area contributed by atoms with Crippen LogP contribution in [0, 0.1) is 13.8 Å². The van der Waals surface area contributed by atoms with Gasteiger partial charge in [-0.1, -0.05) is 5.16 Å². The summed E-state index contributed by atoms with van der Waals surface area (Å²) >= 11 is 0. The maximum Gasteiger partial charge on any atom is 0.230 e. The van der Waals surface area contributed by atoms with Crippen LogP contribution in [-0.2, 0) is 11.2 Å². The van der Waals surface area contributed by atoms with Crippen molar-refractivity contribution < 1.29 is 9.32 Å². The minimum absolute atomic E-state index is 0.137. The lowest BCUT2D eigenvalue weighted by Gasteiger charge is -2.04. The molecule has 0 bridgehead atoms. The molecule has 6 heteroatoms. The van der Waals surface area contributed by atoms with Crippen LogP contribution in [0.15, 0.2) is 41.1 Å². The van der Waals surface area contributed by atoms with E-state index in [9.17, 15) is 4.79 Å². The van der Waals surface area contributed by atoms with Gasteiger partial charge in [-0.3, -0.25) is 9.89 Å². The molecule has 6 nitrogen and oxygen atoms in total. The number of hydrogen-bond donors (Lipinski definition) is 2. The van der Waals surface area contributed by atoms with E-state index in [4.69, 9.17) is 4.52 Å². The lowest BCUT2D eigenvalue weighted by atomic mass is 10.1. The largest absolute Gasteiger partial charge is 0.356 e. The van der Waals surface area contributed by atoms with Crippen LogP contribution in [0.2, 0.25) is 0 Å². The van der Waals surface area contributed by atoms with Crippen molar-refractivity contribution in [2.75, 3.05) is 5.32 Å². The van der Waals surface area contributed by atoms with Gasteiger partial charge >= 0.3 is 0 Å². The van der Waals surface area contributed by atoms with Crippen molar-refractivity contribution in [2.45, 2.75) is 20.3 Å². The van der Waals surface area contributed by atoms with Crippen molar-refractivity contribution in [1.29, 1.82) is 0 Å². The number of aromatic nitrogens is 3. The lowest BCUT2D eigenvalue weighted by molar-refractivity contribution is -0.115. The highest BCUT2D eigenvalue weighted by Crippen LogP contribution is 2.23. The molecule has 4 aromatic rings. The van der Waals surface area contributed by atoms with Crippen molar-refractivity contribution in [3.05, 3.63) is 53.3 Å². The summed E-state index contributed by atoms with van der Waals surface area (Å²) in [6, 6.07) is 9.58. The highest BCUT2D eigenvalue weighted by Gasteiger charge is 2.14. The van der Waals surface area contributed by atoms with Crippen LogP contribution in [0.1, 0.15) is 16.8 Å². The highest BCUT2D eigenvalue weighted by molar-refractivity contribution is 5.96. The van der Waals surface area contributed by atoms with E-state index in [-0.39, 0.29) is 12.3 Å². The second-order valence-corrected chi connectivity index (χ2v) is 5.96. The number of aryl methyl sites for hydroxylation is 2. The molecule has 120 valence electrons. The van der Waals surface area contributed by atoms with Gasteiger partial charge in [-0.2, -0.15) is 5.10 Å². The fourth-order valence-corrected chi connectivity index (χ4v) is 2.74. The van der Waals surface area contributed by atoms with Crippen molar-refractivity contribution in [1.82, 2.24) is 15.4 Å². The van der Waals surface area contributed by atoms with Gasteiger partial charge in [0.1, 0.15) is 5.69 Å². The number of benzene rings is 2. The standard InChI is InChI=1S/C18H16N4O2/c1-10-5-14-16(22-24-17(14)6-11(10)2)8-18(23)20-13-4-3-12-9-19-21-15(12)7-13/h3-7,9H,8H2,1-2H3,(H,19,21)(H,20,23). The van der Waals surface area contributed by atoms with Crippen molar-refractivity contribution in [3.8, 4) is 0 Å². The Morgan fingerprint density at radius 2 is 2.04 bits per heavy atom. The van der Waals surface area contributed by atoms with Crippen LogP contribution in [-0.4, -0.2) is 21.3 Å². The summed E-state index contributed by atoms with van der Waals surface area (Å²) in [7, 11) is 0. The molecule has 0 spiro atoms. The van der Waals surface area contributed by atoms with Crippen molar-refractivity contribution in [3.63, 3.8) is 0 Å². The number of nitrogens with zero attached hydrogens (tertiary/aromatic N) is 2. The Bertz CT molecular complexity index is 1060. The molecule has 0 aliphatic rings. The van der Waals surface area contributed by atoms with E-state index in [0.717, 1.165) is 33.1 Å². The van der Waals surface area contributed by atoms with E-state index in [1.54, 1.807) is 6.20 Å². The Balaban J connectivity index is 1.56. The van der Waals surface area contributed by atoms with Crippen LogP contribution in [0.5, 0.6) is 0 Å². The number of H-pyrrole nitrogens is 1. The molecule has 0 fully saturated rings. The molecule has 2 N–H and O–H groups in total. The van der Waals surface area contributed by atoms with E-state index < -0.39 is 0 Å².